The number of rotatable bonds is 5. The van der Waals surface area contributed by atoms with Crippen LogP contribution < -0.4 is 10.6 Å². The van der Waals surface area contributed by atoms with Gasteiger partial charge in [-0.3, -0.25) is 10.1 Å². The number of nitro benzene ring substituents is 1. The van der Waals surface area contributed by atoms with E-state index >= 15 is 0 Å². The van der Waals surface area contributed by atoms with Gasteiger partial charge in [-0.25, -0.2) is 4.79 Å². The van der Waals surface area contributed by atoms with Gasteiger partial charge >= 0.3 is 6.03 Å². The highest BCUT2D eigenvalue weighted by atomic mass is 16.6. The summed E-state index contributed by atoms with van der Waals surface area (Å²) in [6, 6.07) is 3.25. The van der Waals surface area contributed by atoms with Crippen LogP contribution in [0.5, 0.6) is 0 Å². The van der Waals surface area contributed by atoms with Gasteiger partial charge in [-0.2, -0.15) is 0 Å². The quantitative estimate of drug-likeness (QED) is 0.430. The summed E-state index contributed by atoms with van der Waals surface area (Å²) in [6.07, 6.45) is 5.30. The van der Waals surface area contributed by atoms with Crippen molar-refractivity contribution in [2.24, 2.45) is 0 Å². The van der Waals surface area contributed by atoms with Crippen LogP contribution in [-0.4, -0.2) is 28.7 Å². The van der Waals surface area contributed by atoms with Gasteiger partial charge < -0.3 is 15.7 Å². The third-order valence-electron chi connectivity index (χ3n) is 2.67. The van der Waals surface area contributed by atoms with Crippen LogP contribution in [0.3, 0.4) is 0 Å². The highest BCUT2D eigenvalue weighted by Crippen LogP contribution is 2.24. The van der Waals surface area contributed by atoms with Crippen molar-refractivity contribution in [2.75, 3.05) is 11.9 Å². The van der Waals surface area contributed by atoms with E-state index in [1.54, 1.807) is 13.0 Å². The van der Waals surface area contributed by atoms with E-state index in [1.165, 1.54) is 12.1 Å². The molecule has 7 heteroatoms. The fraction of sp³-hybridized carbons (Fsp3) is 0.308. The minimum absolute atomic E-state index is 0.0786. The average molecular weight is 277 g/mol. The maximum absolute atomic E-state index is 11.7. The molecule has 2 amide bonds. The number of hydrogen-bond donors (Lipinski definition) is 3. The van der Waals surface area contributed by atoms with Crippen molar-refractivity contribution in [1.29, 1.82) is 0 Å². The van der Waals surface area contributed by atoms with Gasteiger partial charge in [0.15, 0.2) is 0 Å². The molecule has 0 bridgehead atoms. The number of nitro groups is 1. The van der Waals surface area contributed by atoms with Crippen molar-refractivity contribution in [2.45, 2.75) is 19.4 Å². The molecule has 0 aliphatic rings. The molecule has 0 spiro atoms. The molecular formula is C13H15N3O4. The Bertz CT molecular complexity index is 551. The van der Waals surface area contributed by atoms with Crippen LogP contribution in [0.25, 0.3) is 0 Å². The smallest absolute Gasteiger partial charge is 0.319 e. The zero-order chi connectivity index (χ0) is 15.1. The molecule has 0 fully saturated rings. The molecule has 106 valence electrons. The molecular weight excluding hydrogens is 262 g/mol. The van der Waals surface area contributed by atoms with Crippen LogP contribution in [0.4, 0.5) is 16.2 Å². The van der Waals surface area contributed by atoms with Gasteiger partial charge in [-0.05, 0) is 13.0 Å². The standard InChI is InChI=1S/C13H15N3O4/c1-3-5-10(8-17)14-13(18)15-11-6-4-7-12(9(11)2)16(19)20/h1,4,6-7,10,17H,5,8H2,2H3,(H2,14,15,18). The molecule has 7 nitrogen and oxygen atoms in total. The number of carbonyl (C=O) groups excluding carboxylic acids is 1. The minimum Gasteiger partial charge on any atom is -0.394 e. The average Bonchev–Trinajstić information content (AvgIpc) is 2.40. The zero-order valence-electron chi connectivity index (χ0n) is 10.9. The fourth-order valence-electron chi connectivity index (χ4n) is 1.60. The zero-order valence-corrected chi connectivity index (χ0v) is 10.9. The van der Waals surface area contributed by atoms with Crippen LogP contribution in [0.15, 0.2) is 18.2 Å². The third-order valence-corrected chi connectivity index (χ3v) is 2.67. The first-order valence-corrected chi connectivity index (χ1v) is 5.85. The number of terminal acetylenes is 1. The SMILES string of the molecule is C#CCC(CO)NC(=O)Nc1cccc([N+](=O)[O-])c1C. The normalized spacial score (nSPS) is 11.2. The van der Waals surface area contributed by atoms with E-state index in [2.05, 4.69) is 16.6 Å². The van der Waals surface area contributed by atoms with E-state index in [1.807, 2.05) is 0 Å². The largest absolute Gasteiger partial charge is 0.394 e. The van der Waals surface area contributed by atoms with E-state index in [9.17, 15) is 14.9 Å². The van der Waals surface area contributed by atoms with E-state index in [0.717, 1.165) is 0 Å². The predicted octanol–water partition coefficient (Wildman–Crippen LogP) is 1.41. The van der Waals surface area contributed by atoms with Gasteiger partial charge in [0.25, 0.3) is 5.69 Å². The van der Waals surface area contributed by atoms with Gasteiger partial charge in [-0.1, -0.05) is 6.07 Å². The lowest BCUT2D eigenvalue weighted by molar-refractivity contribution is -0.385. The molecule has 1 rings (SSSR count). The van der Waals surface area contributed by atoms with Gasteiger partial charge in [-0.15, -0.1) is 12.3 Å². The van der Waals surface area contributed by atoms with Crippen LogP contribution in [0.2, 0.25) is 0 Å². The van der Waals surface area contributed by atoms with Crippen molar-refractivity contribution >= 4 is 17.4 Å². The van der Waals surface area contributed by atoms with Gasteiger partial charge in [0.05, 0.1) is 28.8 Å². The summed E-state index contributed by atoms with van der Waals surface area (Å²) in [5, 5.41) is 24.8. The molecule has 1 atom stereocenters. The van der Waals surface area contributed by atoms with Crippen LogP contribution >= 0.6 is 0 Å². The Balaban J connectivity index is 2.79. The molecule has 1 aromatic rings. The summed E-state index contributed by atoms with van der Waals surface area (Å²) in [6.45, 7) is 1.25. The van der Waals surface area contributed by atoms with E-state index < -0.39 is 17.0 Å². The fourth-order valence-corrected chi connectivity index (χ4v) is 1.60. The molecule has 0 heterocycles. The Morgan fingerprint density at radius 1 is 1.60 bits per heavy atom. The van der Waals surface area contributed by atoms with Crippen molar-refractivity contribution < 1.29 is 14.8 Å². The Morgan fingerprint density at radius 3 is 2.85 bits per heavy atom. The van der Waals surface area contributed by atoms with Gasteiger partial charge in [0.2, 0.25) is 0 Å². The Kier molecular flexibility index (Phi) is 5.50. The second kappa shape index (κ2) is 7.11. The molecule has 0 radical (unpaired) electrons. The molecule has 3 N–H and O–H groups in total. The lowest BCUT2D eigenvalue weighted by Gasteiger charge is -2.15. The minimum atomic E-state index is -0.581. The predicted molar refractivity (Wildman–Crippen MR) is 74.3 cm³/mol. The van der Waals surface area contributed by atoms with Crippen molar-refractivity contribution in [3.8, 4) is 12.3 Å². The molecule has 1 unspecified atom stereocenters. The topological polar surface area (TPSA) is 104 Å². The second-order valence-electron chi connectivity index (χ2n) is 4.09. The number of urea groups is 1. The van der Waals surface area contributed by atoms with Crippen molar-refractivity contribution in [3.05, 3.63) is 33.9 Å². The Labute approximate surface area is 116 Å². The summed E-state index contributed by atoms with van der Waals surface area (Å²) in [4.78, 5) is 22.0. The highest BCUT2D eigenvalue weighted by molar-refractivity contribution is 5.90. The Hall–Kier alpha value is -2.59. The van der Waals surface area contributed by atoms with Crippen LogP contribution in [0, 0.1) is 29.4 Å². The first-order valence-electron chi connectivity index (χ1n) is 5.85. The van der Waals surface area contributed by atoms with E-state index in [4.69, 9.17) is 11.5 Å². The maximum Gasteiger partial charge on any atom is 0.319 e. The summed E-state index contributed by atoms with van der Waals surface area (Å²) in [7, 11) is 0. The van der Waals surface area contributed by atoms with Crippen molar-refractivity contribution in [1.82, 2.24) is 5.32 Å². The summed E-state index contributed by atoms with van der Waals surface area (Å²) < 4.78 is 0. The molecule has 0 aromatic heterocycles. The number of anilines is 1. The number of carbonyl (C=O) groups is 1. The van der Waals surface area contributed by atoms with Gasteiger partial charge in [0, 0.05) is 12.5 Å². The number of nitrogens with one attached hydrogen (secondary N) is 2. The number of amides is 2. The lowest BCUT2D eigenvalue weighted by Crippen LogP contribution is -2.40. The number of benzene rings is 1. The molecule has 1 aromatic carbocycles. The monoisotopic (exact) mass is 277 g/mol. The first-order chi connectivity index (χ1) is 9.49. The molecule has 20 heavy (non-hydrogen) atoms. The summed E-state index contributed by atoms with van der Waals surface area (Å²) in [5.41, 5.74) is 0.601. The highest BCUT2D eigenvalue weighted by Gasteiger charge is 2.16. The van der Waals surface area contributed by atoms with Crippen LogP contribution in [0.1, 0.15) is 12.0 Å². The van der Waals surface area contributed by atoms with E-state index in [-0.39, 0.29) is 18.7 Å². The van der Waals surface area contributed by atoms with Crippen LogP contribution in [-0.2, 0) is 0 Å². The van der Waals surface area contributed by atoms with Crippen molar-refractivity contribution in [3.63, 3.8) is 0 Å². The molecule has 0 aliphatic carbocycles. The second-order valence-corrected chi connectivity index (χ2v) is 4.09. The van der Waals surface area contributed by atoms with E-state index in [0.29, 0.717) is 11.3 Å². The number of hydrogen-bond acceptors (Lipinski definition) is 4. The molecule has 0 saturated heterocycles. The number of aliphatic hydroxyl groups excluding tert-OH is 1. The number of nitrogens with zero attached hydrogens (tertiary/aromatic N) is 1. The Morgan fingerprint density at radius 2 is 2.30 bits per heavy atom. The summed E-state index contributed by atoms with van der Waals surface area (Å²) >= 11 is 0. The van der Waals surface area contributed by atoms with Gasteiger partial charge in [0.1, 0.15) is 0 Å². The third kappa shape index (κ3) is 3.96. The maximum atomic E-state index is 11.7. The lowest BCUT2D eigenvalue weighted by atomic mass is 10.1. The first kappa shape index (κ1) is 15.5. The summed E-state index contributed by atoms with van der Waals surface area (Å²) in [5.74, 6) is 2.33. The molecule has 0 saturated carbocycles. The molecule has 0 aliphatic heterocycles. The number of aliphatic hydroxyl groups is 1.